The second kappa shape index (κ2) is 2.51. The SMILES string of the molecule is CCC1(C)CC(N)CN1C. The van der Waals surface area contributed by atoms with Crippen LogP contribution < -0.4 is 5.73 Å². The Kier molecular flexibility index (Phi) is 2.02. The Labute approximate surface area is 63.4 Å². The zero-order chi connectivity index (χ0) is 7.78. The van der Waals surface area contributed by atoms with Crippen LogP contribution in [0.2, 0.25) is 0 Å². The van der Waals surface area contributed by atoms with Crippen LogP contribution >= 0.6 is 0 Å². The van der Waals surface area contributed by atoms with Gasteiger partial charge in [0.05, 0.1) is 0 Å². The highest BCUT2D eigenvalue weighted by molar-refractivity contribution is 4.95. The fraction of sp³-hybridized carbons (Fsp3) is 1.00. The summed E-state index contributed by atoms with van der Waals surface area (Å²) < 4.78 is 0. The van der Waals surface area contributed by atoms with E-state index in [0.717, 1.165) is 13.0 Å². The summed E-state index contributed by atoms with van der Waals surface area (Å²) >= 11 is 0. The first-order chi connectivity index (χ1) is 4.58. The molecule has 0 spiro atoms. The second-order valence-corrected chi connectivity index (χ2v) is 3.70. The van der Waals surface area contributed by atoms with Crippen LogP contribution in [0, 0.1) is 0 Å². The Balaban J connectivity index is 2.61. The van der Waals surface area contributed by atoms with Gasteiger partial charge in [0.1, 0.15) is 0 Å². The van der Waals surface area contributed by atoms with Gasteiger partial charge in [-0.05, 0) is 26.8 Å². The minimum Gasteiger partial charge on any atom is -0.326 e. The van der Waals surface area contributed by atoms with E-state index in [9.17, 15) is 0 Å². The van der Waals surface area contributed by atoms with Gasteiger partial charge in [-0.1, -0.05) is 6.92 Å². The maximum atomic E-state index is 5.83. The summed E-state index contributed by atoms with van der Waals surface area (Å²) in [6.45, 7) is 5.58. The molecule has 0 radical (unpaired) electrons. The summed E-state index contributed by atoms with van der Waals surface area (Å²) in [5, 5.41) is 0. The first kappa shape index (κ1) is 8.02. The zero-order valence-corrected chi connectivity index (χ0v) is 7.22. The average molecular weight is 142 g/mol. The molecule has 1 rings (SSSR count). The third kappa shape index (κ3) is 1.18. The number of hydrogen-bond acceptors (Lipinski definition) is 2. The molecule has 0 bridgehead atoms. The van der Waals surface area contributed by atoms with Crippen molar-refractivity contribution in [3.05, 3.63) is 0 Å². The third-order valence-corrected chi connectivity index (χ3v) is 2.89. The van der Waals surface area contributed by atoms with Crippen LogP contribution in [0.1, 0.15) is 26.7 Å². The molecule has 2 atom stereocenters. The average Bonchev–Trinajstić information content (AvgIpc) is 2.09. The predicted octanol–water partition coefficient (Wildman–Crippen LogP) is 0.818. The highest BCUT2D eigenvalue weighted by atomic mass is 15.2. The summed E-state index contributed by atoms with van der Waals surface area (Å²) in [7, 11) is 2.16. The van der Waals surface area contributed by atoms with Crippen molar-refractivity contribution in [1.82, 2.24) is 4.90 Å². The van der Waals surface area contributed by atoms with Gasteiger partial charge in [0.15, 0.2) is 0 Å². The van der Waals surface area contributed by atoms with E-state index in [4.69, 9.17) is 5.73 Å². The number of nitrogens with zero attached hydrogens (tertiary/aromatic N) is 1. The highest BCUT2D eigenvalue weighted by Gasteiger charge is 2.36. The Bertz CT molecular complexity index is 124. The molecule has 10 heavy (non-hydrogen) atoms. The molecule has 0 aromatic carbocycles. The van der Waals surface area contributed by atoms with Crippen LogP contribution in [0.15, 0.2) is 0 Å². The Morgan fingerprint density at radius 2 is 2.30 bits per heavy atom. The molecule has 2 N–H and O–H groups in total. The summed E-state index contributed by atoms with van der Waals surface area (Å²) in [5.74, 6) is 0. The molecule has 0 amide bonds. The Morgan fingerprint density at radius 1 is 1.70 bits per heavy atom. The molecule has 0 aliphatic carbocycles. The molecular weight excluding hydrogens is 124 g/mol. The van der Waals surface area contributed by atoms with E-state index in [1.54, 1.807) is 0 Å². The van der Waals surface area contributed by atoms with Crippen LogP contribution in [-0.4, -0.2) is 30.1 Å². The van der Waals surface area contributed by atoms with Gasteiger partial charge < -0.3 is 5.73 Å². The maximum Gasteiger partial charge on any atom is 0.0191 e. The summed E-state index contributed by atoms with van der Waals surface area (Å²) in [5.41, 5.74) is 6.21. The largest absolute Gasteiger partial charge is 0.326 e. The number of hydrogen-bond donors (Lipinski definition) is 1. The maximum absolute atomic E-state index is 5.83. The van der Waals surface area contributed by atoms with Gasteiger partial charge in [0.25, 0.3) is 0 Å². The van der Waals surface area contributed by atoms with Crippen molar-refractivity contribution in [3.63, 3.8) is 0 Å². The number of nitrogens with two attached hydrogens (primary N) is 1. The molecular formula is C8H18N2. The molecule has 2 unspecified atom stereocenters. The fourth-order valence-electron chi connectivity index (χ4n) is 1.77. The molecule has 0 saturated carbocycles. The van der Waals surface area contributed by atoms with Gasteiger partial charge in [-0.25, -0.2) is 0 Å². The van der Waals surface area contributed by atoms with E-state index >= 15 is 0 Å². The van der Waals surface area contributed by atoms with E-state index in [0.29, 0.717) is 11.6 Å². The van der Waals surface area contributed by atoms with Gasteiger partial charge in [-0.2, -0.15) is 0 Å². The van der Waals surface area contributed by atoms with E-state index in [1.165, 1.54) is 6.42 Å². The minimum absolute atomic E-state index is 0.374. The van der Waals surface area contributed by atoms with E-state index in [2.05, 4.69) is 25.8 Å². The van der Waals surface area contributed by atoms with Gasteiger partial charge in [-0.15, -0.1) is 0 Å². The quantitative estimate of drug-likeness (QED) is 0.587. The molecule has 2 heteroatoms. The number of likely N-dealkylation sites (tertiary alicyclic amines) is 1. The Morgan fingerprint density at radius 3 is 2.50 bits per heavy atom. The lowest BCUT2D eigenvalue weighted by Crippen LogP contribution is -2.37. The van der Waals surface area contributed by atoms with Gasteiger partial charge in [0.2, 0.25) is 0 Å². The summed E-state index contributed by atoms with van der Waals surface area (Å²) in [6.07, 6.45) is 2.36. The van der Waals surface area contributed by atoms with Crippen LogP contribution in [0.25, 0.3) is 0 Å². The van der Waals surface area contributed by atoms with Crippen LogP contribution in [0.5, 0.6) is 0 Å². The monoisotopic (exact) mass is 142 g/mol. The lowest BCUT2D eigenvalue weighted by Gasteiger charge is -2.30. The standard InChI is InChI=1S/C8H18N2/c1-4-8(2)5-7(9)6-10(8)3/h7H,4-6,9H2,1-3H3. The van der Waals surface area contributed by atoms with Crippen LogP contribution in [0.4, 0.5) is 0 Å². The van der Waals surface area contributed by atoms with Crippen molar-refractivity contribution >= 4 is 0 Å². The van der Waals surface area contributed by atoms with Crippen molar-refractivity contribution in [2.45, 2.75) is 38.3 Å². The topological polar surface area (TPSA) is 29.3 Å². The summed E-state index contributed by atoms with van der Waals surface area (Å²) in [6, 6.07) is 0.398. The lowest BCUT2D eigenvalue weighted by atomic mass is 9.95. The van der Waals surface area contributed by atoms with Crippen LogP contribution in [-0.2, 0) is 0 Å². The van der Waals surface area contributed by atoms with Crippen LogP contribution in [0.3, 0.4) is 0 Å². The lowest BCUT2D eigenvalue weighted by molar-refractivity contribution is 0.189. The van der Waals surface area contributed by atoms with Gasteiger partial charge in [-0.3, -0.25) is 4.90 Å². The molecule has 0 aromatic heterocycles. The zero-order valence-electron chi connectivity index (χ0n) is 7.22. The van der Waals surface area contributed by atoms with Gasteiger partial charge >= 0.3 is 0 Å². The second-order valence-electron chi connectivity index (χ2n) is 3.70. The van der Waals surface area contributed by atoms with Crippen molar-refractivity contribution in [2.24, 2.45) is 5.73 Å². The first-order valence-corrected chi connectivity index (χ1v) is 4.05. The minimum atomic E-state index is 0.374. The first-order valence-electron chi connectivity index (χ1n) is 4.05. The van der Waals surface area contributed by atoms with E-state index in [-0.39, 0.29) is 0 Å². The van der Waals surface area contributed by atoms with Crippen molar-refractivity contribution in [1.29, 1.82) is 0 Å². The smallest absolute Gasteiger partial charge is 0.0191 e. The van der Waals surface area contributed by atoms with E-state index < -0.39 is 0 Å². The predicted molar refractivity (Wildman–Crippen MR) is 43.9 cm³/mol. The molecule has 1 fully saturated rings. The molecule has 1 aliphatic rings. The number of rotatable bonds is 1. The molecule has 1 aliphatic heterocycles. The third-order valence-electron chi connectivity index (χ3n) is 2.89. The van der Waals surface area contributed by atoms with Gasteiger partial charge in [0, 0.05) is 18.1 Å². The molecule has 1 heterocycles. The van der Waals surface area contributed by atoms with Crippen molar-refractivity contribution < 1.29 is 0 Å². The number of likely N-dealkylation sites (N-methyl/N-ethyl adjacent to an activating group) is 1. The molecule has 60 valence electrons. The van der Waals surface area contributed by atoms with Crippen molar-refractivity contribution in [2.75, 3.05) is 13.6 Å². The molecule has 1 saturated heterocycles. The van der Waals surface area contributed by atoms with E-state index in [1.807, 2.05) is 0 Å². The van der Waals surface area contributed by atoms with Crippen molar-refractivity contribution in [3.8, 4) is 0 Å². The highest BCUT2D eigenvalue weighted by Crippen LogP contribution is 2.29. The molecule has 0 aromatic rings. The summed E-state index contributed by atoms with van der Waals surface area (Å²) in [4.78, 5) is 2.37. The fourth-order valence-corrected chi connectivity index (χ4v) is 1.77. The Hall–Kier alpha value is -0.0800. The normalized spacial score (nSPS) is 42.6. The molecule has 2 nitrogen and oxygen atoms in total.